The highest BCUT2D eigenvalue weighted by Gasteiger charge is 2.43. The topological polar surface area (TPSA) is 82.6 Å². The fraction of sp³-hybridized carbons (Fsp3) is 0.562. The minimum Gasteiger partial charge on any atom is -0.462 e. The first-order valence-electron chi connectivity index (χ1n) is 8.01. The molecule has 0 aliphatic carbocycles. The Bertz CT molecular complexity index is 767. The van der Waals surface area contributed by atoms with Gasteiger partial charge in [0.1, 0.15) is 5.69 Å². The lowest BCUT2D eigenvalue weighted by molar-refractivity contribution is -0.142. The number of carbonyl (C=O) groups excluding carboxylic acids is 2. The normalized spacial score (nSPS) is 12.8. The first-order chi connectivity index (χ1) is 12.9. The molecule has 0 saturated heterocycles. The molecule has 1 aromatic heterocycles. The number of ether oxygens (including phenoxy) is 2. The second-order valence-electron chi connectivity index (χ2n) is 5.34. The van der Waals surface area contributed by atoms with Gasteiger partial charge in [0, 0.05) is 22.8 Å². The van der Waals surface area contributed by atoms with E-state index in [2.05, 4.69) is 14.5 Å². The average molecular weight is 431 g/mol. The summed E-state index contributed by atoms with van der Waals surface area (Å²) in [7, 11) is -1.56. The molecule has 1 aromatic rings. The summed E-state index contributed by atoms with van der Waals surface area (Å²) in [5.74, 6) is -3.13. The van der Waals surface area contributed by atoms with Gasteiger partial charge >= 0.3 is 18.1 Å². The fourth-order valence-electron chi connectivity index (χ4n) is 2.37. The molecule has 0 amide bonds. The summed E-state index contributed by atoms with van der Waals surface area (Å²) in [6.45, 7) is 2.14. The van der Waals surface area contributed by atoms with Gasteiger partial charge in [0.15, 0.2) is 5.69 Å². The van der Waals surface area contributed by atoms with Crippen LogP contribution in [-0.4, -0.2) is 46.4 Å². The highest BCUT2D eigenvalue weighted by molar-refractivity contribution is 7.84. The predicted octanol–water partition coefficient (Wildman–Crippen LogP) is 3.31. The summed E-state index contributed by atoms with van der Waals surface area (Å²) < 4.78 is 88.0. The molecule has 0 aliphatic rings. The Hall–Kier alpha value is -2.11. The van der Waals surface area contributed by atoms with Gasteiger partial charge in [-0.15, -0.1) is 0 Å². The van der Waals surface area contributed by atoms with Gasteiger partial charge in [-0.1, -0.05) is 0 Å². The number of rotatable bonds is 8. The molecule has 0 spiro atoms. The van der Waals surface area contributed by atoms with E-state index in [1.165, 1.54) is 20.1 Å². The third kappa shape index (κ3) is 5.69. The third-order valence-electron chi connectivity index (χ3n) is 3.40. The molecule has 0 N–H and O–H groups in total. The molecule has 0 aromatic carbocycles. The second-order valence-corrected chi connectivity index (χ2v) is 6.90. The fourth-order valence-corrected chi connectivity index (χ4v) is 2.86. The minimum atomic E-state index is -5.28. The molecule has 1 heterocycles. The number of aromatic nitrogens is 1. The number of esters is 2. The lowest BCUT2D eigenvalue weighted by atomic mass is 9.95. The van der Waals surface area contributed by atoms with Crippen molar-refractivity contribution in [2.24, 2.45) is 0 Å². The lowest BCUT2D eigenvalue weighted by Crippen LogP contribution is -2.26. The highest BCUT2D eigenvalue weighted by atomic mass is 32.2. The van der Waals surface area contributed by atoms with Crippen LogP contribution >= 0.6 is 0 Å². The van der Waals surface area contributed by atoms with Gasteiger partial charge in [-0.3, -0.25) is 4.21 Å². The Morgan fingerprint density at radius 3 is 1.96 bits per heavy atom. The molecule has 0 aliphatic heterocycles. The van der Waals surface area contributed by atoms with Gasteiger partial charge in [-0.2, -0.15) is 13.2 Å². The van der Waals surface area contributed by atoms with Crippen molar-refractivity contribution in [1.82, 2.24) is 4.98 Å². The van der Waals surface area contributed by atoms with Crippen LogP contribution in [0, 0.1) is 0 Å². The van der Waals surface area contributed by atoms with E-state index in [-0.39, 0.29) is 19.0 Å². The van der Waals surface area contributed by atoms with Crippen molar-refractivity contribution in [3.05, 3.63) is 28.1 Å². The van der Waals surface area contributed by atoms with Crippen LogP contribution in [0.2, 0.25) is 0 Å². The third-order valence-corrected chi connectivity index (χ3v) is 4.18. The van der Waals surface area contributed by atoms with Crippen LogP contribution in [0.1, 0.15) is 57.9 Å². The van der Waals surface area contributed by atoms with E-state index in [9.17, 15) is 35.8 Å². The van der Waals surface area contributed by atoms with Crippen molar-refractivity contribution >= 4 is 22.7 Å². The van der Waals surface area contributed by atoms with Crippen LogP contribution in [0.5, 0.6) is 0 Å². The van der Waals surface area contributed by atoms with Gasteiger partial charge in [0.25, 0.3) is 6.43 Å². The van der Waals surface area contributed by atoms with E-state index >= 15 is 0 Å². The van der Waals surface area contributed by atoms with Crippen LogP contribution in [0.4, 0.5) is 22.0 Å². The molecule has 0 bridgehead atoms. The molecule has 158 valence electrons. The zero-order valence-electron chi connectivity index (χ0n) is 15.2. The molecule has 0 saturated carbocycles. The van der Waals surface area contributed by atoms with Crippen LogP contribution in [0.25, 0.3) is 0 Å². The predicted molar refractivity (Wildman–Crippen MR) is 88.7 cm³/mol. The standard InChI is InChI=1S/C16H18F5NO5S/c1-4-26-14(23)9-8(6-7-28(3)25)10(15(24)27-5-2)12(16(19,20)21)22-11(9)13(17)18/h13H,4-7H2,1-3H3. The van der Waals surface area contributed by atoms with Crippen molar-refractivity contribution in [3.8, 4) is 0 Å². The molecular formula is C16H18F5NO5S. The maximum Gasteiger partial charge on any atom is 0.434 e. The van der Waals surface area contributed by atoms with E-state index in [1.54, 1.807) is 0 Å². The maximum absolute atomic E-state index is 13.5. The van der Waals surface area contributed by atoms with E-state index in [0.29, 0.717) is 0 Å². The van der Waals surface area contributed by atoms with Gasteiger partial charge < -0.3 is 9.47 Å². The quantitative estimate of drug-likeness (QED) is 0.464. The number of hydrogen-bond donors (Lipinski definition) is 0. The second kappa shape index (κ2) is 9.89. The summed E-state index contributed by atoms with van der Waals surface area (Å²) in [5.41, 5.74) is -6.14. The van der Waals surface area contributed by atoms with Gasteiger partial charge in [-0.05, 0) is 25.8 Å². The summed E-state index contributed by atoms with van der Waals surface area (Å²) in [6, 6.07) is 0. The SMILES string of the molecule is CCOC(=O)c1c(C(F)F)nc(C(F)(F)F)c(C(=O)OCC)c1CCS(C)=O. The number of hydrogen-bond acceptors (Lipinski definition) is 6. The molecule has 6 nitrogen and oxygen atoms in total. The highest BCUT2D eigenvalue weighted by Crippen LogP contribution is 2.37. The molecule has 12 heteroatoms. The summed E-state index contributed by atoms with van der Waals surface area (Å²) in [4.78, 5) is 27.3. The van der Waals surface area contributed by atoms with Crippen LogP contribution < -0.4 is 0 Å². The molecule has 1 rings (SSSR count). The number of halogens is 5. The zero-order chi connectivity index (χ0) is 21.6. The molecule has 0 radical (unpaired) electrons. The van der Waals surface area contributed by atoms with Crippen LogP contribution in [-0.2, 0) is 32.9 Å². The van der Waals surface area contributed by atoms with Crippen molar-refractivity contribution in [1.29, 1.82) is 0 Å². The smallest absolute Gasteiger partial charge is 0.434 e. The summed E-state index contributed by atoms with van der Waals surface area (Å²) in [5, 5.41) is 0. The first-order valence-corrected chi connectivity index (χ1v) is 9.74. The van der Waals surface area contributed by atoms with Gasteiger partial charge in [-0.25, -0.2) is 23.4 Å². The van der Waals surface area contributed by atoms with Crippen molar-refractivity contribution in [2.45, 2.75) is 32.9 Å². The Morgan fingerprint density at radius 2 is 1.57 bits per heavy atom. The molecule has 28 heavy (non-hydrogen) atoms. The first kappa shape index (κ1) is 23.9. The largest absolute Gasteiger partial charge is 0.462 e. The maximum atomic E-state index is 13.5. The molecule has 0 fully saturated rings. The van der Waals surface area contributed by atoms with E-state index in [1.807, 2.05) is 0 Å². The van der Waals surface area contributed by atoms with Crippen LogP contribution in [0.15, 0.2) is 0 Å². The Balaban J connectivity index is 3.99. The Labute approximate surface area is 159 Å². The number of pyridine rings is 1. The number of carbonyl (C=O) groups is 2. The Morgan fingerprint density at radius 1 is 1.07 bits per heavy atom. The zero-order valence-corrected chi connectivity index (χ0v) is 16.0. The summed E-state index contributed by atoms with van der Waals surface area (Å²) >= 11 is 0. The van der Waals surface area contributed by atoms with E-state index in [4.69, 9.17) is 0 Å². The summed E-state index contributed by atoms with van der Waals surface area (Å²) in [6.07, 6.45) is -8.13. The minimum absolute atomic E-state index is 0.254. The molecule has 1 atom stereocenters. The van der Waals surface area contributed by atoms with Crippen molar-refractivity contribution in [2.75, 3.05) is 25.2 Å². The van der Waals surface area contributed by atoms with Crippen molar-refractivity contribution < 1.29 is 45.2 Å². The van der Waals surface area contributed by atoms with Gasteiger partial charge in [0.2, 0.25) is 0 Å². The number of alkyl halides is 5. The van der Waals surface area contributed by atoms with Gasteiger partial charge in [0.05, 0.1) is 24.3 Å². The van der Waals surface area contributed by atoms with E-state index in [0.717, 1.165) is 0 Å². The molecular weight excluding hydrogens is 413 g/mol. The van der Waals surface area contributed by atoms with Crippen LogP contribution in [0.3, 0.4) is 0 Å². The lowest BCUT2D eigenvalue weighted by Gasteiger charge is -2.20. The van der Waals surface area contributed by atoms with E-state index < -0.39 is 69.8 Å². The Kier molecular flexibility index (Phi) is 8.46. The monoisotopic (exact) mass is 431 g/mol. The van der Waals surface area contributed by atoms with Crippen molar-refractivity contribution in [3.63, 3.8) is 0 Å². The number of nitrogens with zero attached hydrogens (tertiary/aromatic N) is 1. The average Bonchev–Trinajstić information content (AvgIpc) is 2.57. The molecule has 1 unspecified atom stereocenters.